The zero-order valence-corrected chi connectivity index (χ0v) is 9.07. The fraction of sp³-hybridized carbons (Fsp3) is 0.300. The van der Waals surface area contributed by atoms with Gasteiger partial charge < -0.3 is 10.5 Å². The first kappa shape index (κ1) is 11.3. The second-order valence-electron chi connectivity index (χ2n) is 3.29. The number of methoxy groups -OCH3 is 1. The lowest BCUT2D eigenvalue weighted by molar-refractivity contribution is 0.0856. The van der Waals surface area contributed by atoms with Crippen LogP contribution in [0.2, 0.25) is 0 Å². The van der Waals surface area contributed by atoms with Crippen LogP contribution in [0.5, 0.6) is 5.75 Å². The molecule has 5 heteroatoms. The zero-order chi connectivity index (χ0) is 11.4. The first-order valence-corrected chi connectivity index (χ1v) is 4.46. The van der Waals surface area contributed by atoms with Crippen LogP contribution in [0, 0.1) is 0 Å². The van der Waals surface area contributed by atoms with Crippen LogP contribution in [-0.2, 0) is 0 Å². The molecule has 1 amide bonds. The number of nitrogens with zero attached hydrogens (tertiary/aromatic N) is 1. The summed E-state index contributed by atoms with van der Waals surface area (Å²) >= 11 is 0. The molecule has 0 unspecified atom stereocenters. The molecule has 0 aliphatic carbocycles. The van der Waals surface area contributed by atoms with E-state index in [1.807, 2.05) is 0 Å². The largest absolute Gasteiger partial charge is 0.495 e. The number of hydrogen-bond acceptors (Lipinski definition) is 4. The van der Waals surface area contributed by atoms with Gasteiger partial charge in [0, 0.05) is 19.7 Å². The summed E-state index contributed by atoms with van der Waals surface area (Å²) in [6, 6.07) is 4.90. The lowest BCUT2D eigenvalue weighted by atomic mass is 10.2. The Hall–Kier alpha value is -1.75. The third kappa shape index (κ3) is 2.85. The first-order valence-electron chi connectivity index (χ1n) is 4.46. The first-order chi connectivity index (χ1) is 7.04. The summed E-state index contributed by atoms with van der Waals surface area (Å²) < 4.78 is 5.02. The van der Waals surface area contributed by atoms with Gasteiger partial charge in [0.15, 0.2) is 0 Å². The third-order valence-corrected chi connectivity index (χ3v) is 1.82. The van der Waals surface area contributed by atoms with Crippen molar-refractivity contribution in [3.63, 3.8) is 0 Å². The average molecular weight is 209 g/mol. The van der Waals surface area contributed by atoms with Crippen LogP contribution in [0.15, 0.2) is 18.2 Å². The van der Waals surface area contributed by atoms with E-state index >= 15 is 0 Å². The van der Waals surface area contributed by atoms with Gasteiger partial charge >= 0.3 is 0 Å². The number of ether oxygens (including phenoxy) is 1. The van der Waals surface area contributed by atoms with Gasteiger partial charge in [-0.25, -0.2) is 5.01 Å². The number of amides is 1. The van der Waals surface area contributed by atoms with E-state index in [0.717, 1.165) is 0 Å². The summed E-state index contributed by atoms with van der Waals surface area (Å²) in [6.45, 7) is 0. The smallest absolute Gasteiger partial charge is 0.265 e. The summed E-state index contributed by atoms with van der Waals surface area (Å²) in [4.78, 5) is 11.6. The summed E-state index contributed by atoms with van der Waals surface area (Å²) in [7, 11) is 5.00. The average Bonchev–Trinajstić information content (AvgIpc) is 2.17. The van der Waals surface area contributed by atoms with Crippen LogP contribution >= 0.6 is 0 Å². The highest BCUT2D eigenvalue weighted by Crippen LogP contribution is 2.21. The molecule has 0 saturated heterocycles. The van der Waals surface area contributed by atoms with Crippen molar-refractivity contribution in [1.82, 2.24) is 10.4 Å². The molecular weight excluding hydrogens is 194 g/mol. The molecule has 3 N–H and O–H groups in total. The SMILES string of the molecule is COc1cc(C(=O)NN(C)C)ccc1N. The minimum absolute atomic E-state index is 0.196. The van der Waals surface area contributed by atoms with Gasteiger partial charge in [-0.05, 0) is 18.2 Å². The van der Waals surface area contributed by atoms with E-state index in [9.17, 15) is 4.79 Å². The van der Waals surface area contributed by atoms with E-state index in [4.69, 9.17) is 10.5 Å². The molecule has 5 nitrogen and oxygen atoms in total. The van der Waals surface area contributed by atoms with Crippen molar-refractivity contribution in [3.05, 3.63) is 23.8 Å². The molecular formula is C10H15N3O2. The van der Waals surface area contributed by atoms with E-state index in [1.165, 1.54) is 7.11 Å². The van der Waals surface area contributed by atoms with E-state index in [0.29, 0.717) is 17.0 Å². The molecule has 0 fully saturated rings. The number of hydrogen-bond donors (Lipinski definition) is 2. The molecule has 0 bridgehead atoms. The Labute approximate surface area is 88.8 Å². The van der Waals surface area contributed by atoms with E-state index in [2.05, 4.69) is 5.43 Å². The second-order valence-corrected chi connectivity index (χ2v) is 3.29. The monoisotopic (exact) mass is 209 g/mol. The van der Waals surface area contributed by atoms with E-state index < -0.39 is 0 Å². The minimum atomic E-state index is -0.196. The Morgan fingerprint density at radius 2 is 2.13 bits per heavy atom. The summed E-state index contributed by atoms with van der Waals surface area (Å²) in [5, 5.41) is 1.57. The summed E-state index contributed by atoms with van der Waals surface area (Å²) in [6.07, 6.45) is 0. The van der Waals surface area contributed by atoms with Crippen LogP contribution < -0.4 is 15.9 Å². The van der Waals surface area contributed by atoms with Crippen molar-refractivity contribution in [2.24, 2.45) is 0 Å². The van der Waals surface area contributed by atoms with Crippen molar-refractivity contribution in [2.45, 2.75) is 0 Å². The van der Waals surface area contributed by atoms with Gasteiger partial charge in [0.1, 0.15) is 5.75 Å². The molecule has 82 valence electrons. The number of carbonyl (C=O) groups is 1. The highest BCUT2D eigenvalue weighted by molar-refractivity contribution is 5.94. The van der Waals surface area contributed by atoms with Crippen LogP contribution in [0.25, 0.3) is 0 Å². The van der Waals surface area contributed by atoms with Crippen molar-refractivity contribution >= 4 is 11.6 Å². The lowest BCUT2D eigenvalue weighted by Gasteiger charge is -2.12. The van der Waals surface area contributed by atoms with Gasteiger partial charge in [0.25, 0.3) is 5.91 Å². The van der Waals surface area contributed by atoms with Crippen molar-refractivity contribution in [1.29, 1.82) is 0 Å². The predicted molar refractivity (Wildman–Crippen MR) is 58.6 cm³/mol. The second kappa shape index (κ2) is 4.65. The number of nitrogens with two attached hydrogens (primary N) is 1. The van der Waals surface area contributed by atoms with Crippen LogP contribution in [0.3, 0.4) is 0 Å². The summed E-state index contributed by atoms with van der Waals surface area (Å²) in [5.41, 5.74) is 9.28. The minimum Gasteiger partial charge on any atom is -0.495 e. The number of carbonyl (C=O) groups excluding carboxylic acids is 1. The highest BCUT2D eigenvalue weighted by atomic mass is 16.5. The van der Waals surface area contributed by atoms with Crippen LogP contribution in [-0.4, -0.2) is 32.1 Å². The number of hydrazine groups is 1. The van der Waals surface area contributed by atoms with Gasteiger partial charge in [-0.1, -0.05) is 0 Å². The molecule has 0 saturated carbocycles. The molecule has 1 aromatic rings. The Kier molecular flexibility index (Phi) is 3.51. The molecule has 0 radical (unpaired) electrons. The third-order valence-electron chi connectivity index (χ3n) is 1.82. The zero-order valence-electron chi connectivity index (χ0n) is 9.07. The maximum Gasteiger partial charge on any atom is 0.265 e. The molecule has 1 aromatic carbocycles. The van der Waals surface area contributed by atoms with Crippen molar-refractivity contribution in [2.75, 3.05) is 26.9 Å². The molecule has 1 rings (SSSR count). The van der Waals surface area contributed by atoms with E-state index in [1.54, 1.807) is 37.3 Å². The molecule has 0 aliphatic heterocycles. The Morgan fingerprint density at radius 1 is 1.47 bits per heavy atom. The molecule has 15 heavy (non-hydrogen) atoms. The fourth-order valence-electron chi connectivity index (χ4n) is 1.12. The number of rotatable bonds is 3. The van der Waals surface area contributed by atoms with Gasteiger partial charge in [-0.2, -0.15) is 0 Å². The fourth-order valence-corrected chi connectivity index (χ4v) is 1.12. The predicted octanol–water partition coefficient (Wildman–Crippen LogP) is 0.484. The maximum atomic E-state index is 11.6. The topological polar surface area (TPSA) is 67.6 Å². The van der Waals surface area contributed by atoms with Gasteiger partial charge in [-0.15, -0.1) is 0 Å². The Morgan fingerprint density at radius 3 is 2.67 bits per heavy atom. The molecule has 0 aliphatic rings. The maximum absolute atomic E-state index is 11.6. The van der Waals surface area contributed by atoms with Crippen molar-refractivity contribution < 1.29 is 9.53 Å². The number of anilines is 1. The van der Waals surface area contributed by atoms with Gasteiger partial charge in [-0.3, -0.25) is 10.2 Å². The summed E-state index contributed by atoms with van der Waals surface area (Å²) in [5.74, 6) is 0.305. The lowest BCUT2D eigenvalue weighted by Crippen LogP contribution is -2.36. The normalized spacial score (nSPS) is 10.1. The number of nitrogen functional groups attached to an aromatic ring is 1. The molecule has 0 heterocycles. The molecule has 0 atom stereocenters. The van der Waals surface area contributed by atoms with Crippen LogP contribution in [0.4, 0.5) is 5.69 Å². The Bertz CT molecular complexity index is 364. The van der Waals surface area contributed by atoms with Crippen LogP contribution in [0.1, 0.15) is 10.4 Å². The van der Waals surface area contributed by atoms with Crippen molar-refractivity contribution in [3.8, 4) is 5.75 Å². The van der Waals surface area contributed by atoms with Gasteiger partial charge in [0.05, 0.1) is 12.8 Å². The number of benzene rings is 1. The molecule has 0 spiro atoms. The van der Waals surface area contributed by atoms with E-state index in [-0.39, 0.29) is 5.91 Å². The standard InChI is InChI=1S/C10H15N3O2/c1-13(2)12-10(14)7-4-5-8(11)9(6-7)15-3/h4-6H,11H2,1-3H3,(H,12,14). The Balaban J connectivity index is 2.91. The number of nitrogens with one attached hydrogen (secondary N) is 1. The highest BCUT2D eigenvalue weighted by Gasteiger charge is 2.08. The molecule has 0 aromatic heterocycles. The van der Waals surface area contributed by atoms with Gasteiger partial charge in [0.2, 0.25) is 0 Å². The quantitative estimate of drug-likeness (QED) is 0.561.